The SMILES string of the molecule is C1CCOC1.Cc1c(C)c(C)[c-]([Si](C)(C)C)c1C.Cc1c(C)c(C)[c-]([Si](C)(C)C)c1C.Cc1c(C)c(C)[c-]([Si](C)(C)C)c1C.Cc1c(C)c(C)[c-]([Si](C)(C)C)c1C.[H-].[H-].[H-].[H-].[H-].[H-].[H-].[H-].[Ho+3].[Ho+3].[Ho+3].[Ho+3]. The molecule has 1 saturated heterocycles. The third kappa shape index (κ3) is 18.8. The number of ether oxygens (including phenoxy) is 1. The second-order valence-electron chi connectivity index (χ2n) is 21.8. The predicted molar refractivity (Wildman–Crippen MR) is 285 cm³/mol. The van der Waals surface area contributed by atoms with Crippen molar-refractivity contribution >= 4 is 53.0 Å². The Kier molecular flexibility index (Phi) is 33.5. The first kappa shape index (κ1) is 70.8. The first-order valence-corrected chi connectivity index (χ1v) is 36.1. The fraction of sp³-hybridized carbons (Fsp3) is 0.615. The van der Waals surface area contributed by atoms with E-state index in [9.17, 15) is 0 Å². The van der Waals surface area contributed by atoms with Crippen molar-refractivity contribution in [1.82, 2.24) is 0 Å². The van der Waals surface area contributed by atoms with Crippen molar-refractivity contribution in [3.8, 4) is 0 Å². The molecule has 0 bridgehead atoms. The van der Waals surface area contributed by atoms with E-state index in [-0.39, 0.29) is 162 Å². The van der Waals surface area contributed by atoms with Crippen molar-refractivity contribution < 1.29 is 167 Å². The first-order valence-electron chi connectivity index (χ1n) is 22.1. The van der Waals surface area contributed by atoms with E-state index in [2.05, 4.69) is 189 Å². The van der Waals surface area contributed by atoms with Crippen LogP contribution >= 0.6 is 0 Å². The molecule has 9 heteroatoms. The Morgan fingerprint density at radius 1 is 0.279 bits per heavy atom. The Morgan fingerprint density at radius 2 is 0.393 bits per heavy atom. The quantitative estimate of drug-likeness (QED) is 0.146. The smallest absolute Gasteiger partial charge is 1.00 e. The van der Waals surface area contributed by atoms with Gasteiger partial charge in [-0.2, -0.15) is 110 Å². The van der Waals surface area contributed by atoms with Crippen molar-refractivity contribution in [2.45, 2.75) is 202 Å². The van der Waals surface area contributed by atoms with Gasteiger partial charge in [0, 0.05) is 45.5 Å². The summed E-state index contributed by atoms with van der Waals surface area (Å²) in [6.07, 6.45) is 2.56. The Morgan fingerprint density at radius 3 is 0.443 bits per heavy atom. The minimum atomic E-state index is -1.13. The summed E-state index contributed by atoms with van der Waals surface area (Å²) in [5.74, 6) is 0. The average molecular weight is 1510 g/mol. The van der Waals surface area contributed by atoms with Gasteiger partial charge in [-0.1, -0.05) is 189 Å². The summed E-state index contributed by atoms with van der Waals surface area (Å²) in [5.41, 5.74) is 24.5. The zero-order valence-electron chi connectivity index (χ0n) is 52.4. The Hall–Kier alpha value is 3.27. The van der Waals surface area contributed by atoms with Crippen molar-refractivity contribution in [3.63, 3.8) is 0 Å². The van der Waals surface area contributed by atoms with Crippen LogP contribution in [0.15, 0.2) is 0 Å². The molecule has 61 heavy (non-hydrogen) atoms. The normalized spacial score (nSPS) is 12.4. The van der Waals surface area contributed by atoms with E-state index in [0.717, 1.165) is 13.2 Å². The van der Waals surface area contributed by atoms with Crippen LogP contribution in [-0.2, 0) is 4.74 Å². The van der Waals surface area contributed by atoms with Gasteiger partial charge in [0.2, 0.25) is 0 Å². The second-order valence-corrected chi connectivity index (χ2v) is 41.8. The molecule has 0 saturated carbocycles. The molecular weight excluding hydrogens is 1410 g/mol. The summed E-state index contributed by atoms with van der Waals surface area (Å²) >= 11 is 0. The van der Waals surface area contributed by atoms with Gasteiger partial charge < -0.3 is 16.1 Å². The molecule has 0 amide bonds. The van der Waals surface area contributed by atoms with E-state index in [1.54, 1.807) is 65.3 Å². The minimum Gasteiger partial charge on any atom is -1.00 e. The molecule has 0 N–H and O–H groups in total. The zero-order valence-corrected chi connectivity index (χ0v) is 56.2. The molecule has 0 aliphatic carbocycles. The van der Waals surface area contributed by atoms with Crippen LogP contribution in [0, 0.1) is 262 Å². The third-order valence-corrected chi connectivity index (χ3v) is 22.6. The number of hydrogen-bond donors (Lipinski definition) is 0. The maximum atomic E-state index is 4.94. The van der Waals surface area contributed by atoms with Crippen LogP contribution in [0.1, 0.15) is 113 Å². The number of hydrogen-bond acceptors (Lipinski definition) is 1. The van der Waals surface area contributed by atoms with Crippen LogP contribution in [0.4, 0.5) is 0 Å². The van der Waals surface area contributed by atoms with Crippen molar-refractivity contribution in [2.75, 3.05) is 13.2 Å². The Bertz CT molecular complexity index is 1610. The summed E-state index contributed by atoms with van der Waals surface area (Å²) in [7, 11) is -4.53. The minimum absolute atomic E-state index is 0. The van der Waals surface area contributed by atoms with Gasteiger partial charge in [0.15, 0.2) is 0 Å². The van der Waals surface area contributed by atoms with Crippen LogP contribution < -0.4 is 20.7 Å². The van der Waals surface area contributed by atoms with E-state index in [4.69, 9.17) is 4.74 Å². The standard InChI is InChI=1S/4C12H21Si.C4H8O.4Ho.8H/c4*1-8-9(2)11(4)12(10(8)3)13(5,6)7;1-2-4-5-3-1;;;;;;;;;;;;/h4*1-7H3;1-4H2;;;;;;;;;;;;/q4*-1;;4*+3;8*-1. The molecule has 0 aromatic heterocycles. The Labute approximate surface area is 516 Å². The monoisotopic (exact) mass is 1510 g/mol. The topological polar surface area (TPSA) is 9.23 Å². The van der Waals surface area contributed by atoms with Crippen molar-refractivity contribution in [2.24, 2.45) is 0 Å². The van der Waals surface area contributed by atoms with Gasteiger partial charge >= 0.3 is 151 Å². The summed E-state index contributed by atoms with van der Waals surface area (Å²) < 4.78 is 4.94. The first-order chi connectivity index (χ1) is 25.6. The summed E-state index contributed by atoms with van der Waals surface area (Å²) in [5, 5.41) is 6.73. The third-order valence-electron chi connectivity index (χ3n) is 13.6. The molecule has 4 aromatic carbocycles. The molecule has 0 unspecified atom stereocenters. The summed E-state index contributed by atoms with van der Waals surface area (Å²) in [6, 6.07) is 0. The van der Waals surface area contributed by atoms with E-state index >= 15 is 0 Å². The van der Waals surface area contributed by atoms with E-state index in [1.807, 2.05) is 0 Å². The van der Waals surface area contributed by atoms with Crippen LogP contribution in [0.5, 0.6) is 0 Å². The molecule has 0 atom stereocenters. The maximum absolute atomic E-state index is 4.94. The van der Waals surface area contributed by atoms with Gasteiger partial charge in [0.05, 0.1) is 0 Å². The molecule has 5 rings (SSSR count). The van der Waals surface area contributed by atoms with E-state index in [1.165, 1.54) is 57.3 Å². The van der Waals surface area contributed by atoms with Crippen LogP contribution in [0.25, 0.3) is 0 Å². The van der Waals surface area contributed by atoms with Gasteiger partial charge in [-0.25, -0.2) is 0 Å². The van der Waals surface area contributed by atoms with Crippen molar-refractivity contribution in [1.29, 1.82) is 0 Å². The van der Waals surface area contributed by atoms with Gasteiger partial charge in [-0.3, -0.25) is 0 Å². The van der Waals surface area contributed by atoms with E-state index in [0.29, 0.717) is 0 Å². The fourth-order valence-corrected chi connectivity index (χ4v) is 20.4. The molecule has 1 nitrogen and oxygen atoms in total. The Balaban J connectivity index is -0.0000000574. The van der Waals surface area contributed by atoms with Gasteiger partial charge in [-0.15, -0.1) is 0 Å². The maximum Gasteiger partial charge on any atom is 3.00 e. The number of rotatable bonds is 4. The van der Waals surface area contributed by atoms with Crippen molar-refractivity contribution in [3.05, 3.63) is 89.0 Å². The molecule has 1 aliphatic rings. The van der Waals surface area contributed by atoms with Crippen LogP contribution in [0.3, 0.4) is 0 Å². The molecule has 0 spiro atoms. The molecule has 1 fully saturated rings. The fourth-order valence-electron chi connectivity index (χ4n) is 9.89. The molecular formula is C52H100Ho4OSi4. The molecule has 1 heterocycles. The van der Waals surface area contributed by atoms with Gasteiger partial charge in [0.1, 0.15) is 0 Å². The molecule has 0 radical (unpaired) electrons. The molecule has 374 valence electrons. The predicted octanol–water partition coefficient (Wildman–Crippen LogP) is 14.4. The van der Waals surface area contributed by atoms with Crippen LogP contribution in [-0.4, -0.2) is 45.5 Å². The van der Waals surface area contributed by atoms with Gasteiger partial charge in [0.25, 0.3) is 0 Å². The molecule has 4 aromatic rings. The van der Waals surface area contributed by atoms with Gasteiger partial charge in [-0.05, 0) is 12.8 Å². The van der Waals surface area contributed by atoms with Crippen LogP contribution in [0.2, 0.25) is 78.6 Å². The summed E-state index contributed by atoms with van der Waals surface area (Å²) in [4.78, 5) is 0. The zero-order chi connectivity index (χ0) is 45.1. The van der Waals surface area contributed by atoms with E-state index < -0.39 is 32.3 Å². The summed E-state index contributed by atoms with van der Waals surface area (Å²) in [6.45, 7) is 67.4. The average Bonchev–Trinajstić information content (AvgIpc) is 3.84. The molecule has 1 aliphatic heterocycles. The largest absolute Gasteiger partial charge is 3.00 e. The second kappa shape index (κ2) is 28.8.